The molecular weight excluding hydrogens is 149 g/mol. The Bertz CT molecular complexity index is 11.6. The molecule has 0 rings (SSSR count). The third kappa shape index (κ3) is 31.6. The second-order valence-electron chi connectivity index (χ2n) is 0. The molecule has 1 nitrogen and oxygen atoms in total. The summed E-state index contributed by atoms with van der Waals surface area (Å²) in [5.41, 5.74) is 0. The van der Waals surface area contributed by atoms with Gasteiger partial charge in [-0.3, -0.25) is 0 Å². The molecule has 33 valence electrons. The summed E-state index contributed by atoms with van der Waals surface area (Å²) in [4.78, 5) is 0. The van der Waals surface area contributed by atoms with Gasteiger partial charge in [-0.1, -0.05) is 7.43 Å². The van der Waals surface area contributed by atoms with E-state index in [4.69, 9.17) is 3.83 Å². The fraction of sp³-hybridized carbons (Fsp3) is 1.00. The first-order chi connectivity index (χ1) is 1.00. The standard InChI is InChI=1S/CH4.Li.Mn.Ni.O.H/h1H4;;;;;. The van der Waals surface area contributed by atoms with Gasteiger partial charge < -0.3 is 0 Å². The molecular formula is CH5LiMnNiO. The van der Waals surface area contributed by atoms with Crippen LogP contribution < -0.4 is 0 Å². The quantitative estimate of drug-likeness (QED) is 0.443. The molecule has 0 aliphatic rings. The normalized spacial score (nSPS) is 0.800. The van der Waals surface area contributed by atoms with Crippen molar-refractivity contribution < 1.29 is 36.3 Å². The summed E-state index contributed by atoms with van der Waals surface area (Å²) in [6, 6.07) is 0. The Balaban J connectivity index is -0.00000000167. The van der Waals surface area contributed by atoms with Crippen LogP contribution in [0.3, 0.4) is 0 Å². The molecule has 0 heterocycles. The summed E-state index contributed by atoms with van der Waals surface area (Å²) in [5.74, 6) is 0. The van der Waals surface area contributed by atoms with Crippen LogP contribution in [0.1, 0.15) is 7.43 Å². The summed E-state index contributed by atoms with van der Waals surface area (Å²) in [7, 11) is 0. The van der Waals surface area contributed by atoms with E-state index in [2.05, 4.69) is 0 Å². The van der Waals surface area contributed by atoms with Gasteiger partial charge in [-0.2, -0.15) is 0 Å². The van der Waals surface area contributed by atoms with E-state index < -0.39 is 0 Å². The Morgan fingerprint density at radius 2 is 1.20 bits per heavy atom. The molecule has 0 unspecified atom stereocenters. The van der Waals surface area contributed by atoms with E-state index in [1.54, 1.807) is 15.9 Å². The van der Waals surface area contributed by atoms with Crippen molar-refractivity contribution in [2.45, 2.75) is 7.43 Å². The van der Waals surface area contributed by atoms with E-state index >= 15 is 0 Å². The summed E-state index contributed by atoms with van der Waals surface area (Å²) >= 11 is 1.69. The Hall–Kier alpha value is 1.41. The van der Waals surface area contributed by atoms with Gasteiger partial charge in [-0.15, -0.1) is 0 Å². The molecule has 0 spiro atoms. The van der Waals surface area contributed by atoms with Crippen LogP contribution in [0.25, 0.3) is 0 Å². The molecule has 0 radical (unpaired) electrons. The zero-order chi connectivity index (χ0) is 2.00. The van der Waals surface area contributed by atoms with Crippen molar-refractivity contribution in [1.29, 1.82) is 0 Å². The van der Waals surface area contributed by atoms with E-state index in [0.717, 1.165) is 0 Å². The summed E-state index contributed by atoms with van der Waals surface area (Å²) in [6.45, 7) is 0. The first-order valence-corrected chi connectivity index (χ1v) is 0.636. The molecule has 0 atom stereocenters. The predicted molar refractivity (Wildman–Crippen MR) is 14.6 cm³/mol. The number of rotatable bonds is 0. The molecule has 0 aliphatic heterocycles. The van der Waals surface area contributed by atoms with Crippen molar-refractivity contribution in [3.8, 4) is 0 Å². The third-order valence-electron chi connectivity index (χ3n) is 0. The maximum absolute atomic E-state index is 8.06. The van der Waals surface area contributed by atoms with Gasteiger partial charge in [0.25, 0.3) is 0 Å². The Morgan fingerprint density at radius 3 is 1.20 bits per heavy atom. The first-order valence-electron chi connectivity index (χ1n) is 0.154. The molecule has 0 aliphatic carbocycles. The van der Waals surface area contributed by atoms with Gasteiger partial charge >= 0.3 is 38.6 Å². The maximum atomic E-state index is 8.06. The Labute approximate surface area is 62.4 Å². The van der Waals surface area contributed by atoms with Gasteiger partial charge in [0, 0.05) is 16.5 Å². The molecule has 0 aromatic carbocycles. The molecule has 0 amide bonds. The van der Waals surface area contributed by atoms with E-state index in [1.807, 2.05) is 0 Å². The van der Waals surface area contributed by atoms with E-state index in [-0.39, 0.29) is 42.8 Å². The van der Waals surface area contributed by atoms with Crippen LogP contribution in [0.4, 0.5) is 0 Å². The fourth-order valence-corrected chi connectivity index (χ4v) is 0. The van der Waals surface area contributed by atoms with Crippen LogP contribution in [-0.2, 0) is 36.3 Å². The zero-order valence-electron chi connectivity index (χ0n) is 1.10. The van der Waals surface area contributed by atoms with Gasteiger partial charge in [-0.25, -0.2) is 0 Å². The number of hydrogen-bond donors (Lipinski definition) is 0. The van der Waals surface area contributed by atoms with E-state index in [9.17, 15) is 0 Å². The molecule has 0 bridgehead atoms. The third-order valence-corrected chi connectivity index (χ3v) is 0. The molecule has 4 heteroatoms. The van der Waals surface area contributed by atoms with Crippen molar-refractivity contribution in [2.75, 3.05) is 0 Å². The van der Waals surface area contributed by atoms with Gasteiger partial charge in [0.2, 0.25) is 0 Å². The molecule has 0 saturated heterocycles. The number of hydrogen-bond acceptors (Lipinski definition) is 1. The van der Waals surface area contributed by atoms with Gasteiger partial charge in [0.05, 0.1) is 0 Å². The fourth-order valence-electron chi connectivity index (χ4n) is 0. The average molecular weight is 154 g/mol. The van der Waals surface area contributed by atoms with Crippen molar-refractivity contribution >= 4 is 18.9 Å². The molecule has 0 N–H and O–H groups in total. The minimum atomic E-state index is 0. The van der Waals surface area contributed by atoms with Crippen LogP contribution in [0.15, 0.2) is 0 Å². The zero-order valence-corrected chi connectivity index (χ0v) is 3.27. The molecule has 0 aromatic heterocycles. The van der Waals surface area contributed by atoms with Gasteiger partial charge in [0.15, 0.2) is 0 Å². The van der Waals surface area contributed by atoms with Crippen molar-refractivity contribution in [3.63, 3.8) is 0 Å². The monoisotopic (exact) mass is 153 g/mol. The topological polar surface area (TPSA) is 17.1 Å². The Morgan fingerprint density at radius 1 is 1.20 bits per heavy atom. The summed E-state index contributed by atoms with van der Waals surface area (Å²) < 4.78 is 8.06. The predicted octanol–water partition coefficient (Wildman–Crippen LogP) is -0.136. The van der Waals surface area contributed by atoms with E-state index in [1.165, 1.54) is 0 Å². The van der Waals surface area contributed by atoms with Crippen molar-refractivity contribution in [1.82, 2.24) is 0 Å². The molecule has 0 aromatic rings. The van der Waals surface area contributed by atoms with Gasteiger partial charge in [0.1, 0.15) is 0 Å². The first kappa shape index (κ1) is 32.3. The van der Waals surface area contributed by atoms with E-state index in [0.29, 0.717) is 0 Å². The van der Waals surface area contributed by atoms with Crippen LogP contribution >= 0.6 is 0 Å². The second kappa shape index (κ2) is 52.9. The minimum absolute atomic E-state index is 0. The Kier molecular flexibility index (Phi) is 342. The molecule has 0 fully saturated rings. The van der Waals surface area contributed by atoms with Crippen molar-refractivity contribution in [2.24, 2.45) is 0 Å². The summed E-state index contributed by atoms with van der Waals surface area (Å²) in [5, 5.41) is 0. The second-order valence-corrected chi connectivity index (χ2v) is 0. The molecule has 0 saturated carbocycles. The van der Waals surface area contributed by atoms with Crippen LogP contribution in [0.5, 0.6) is 0 Å². The SMILES string of the molecule is C.[LiH].[Ni].[O]=[Mn]. The summed E-state index contributed by atoms with van der Waals surface area (Å²) in [6.07, 6.45) is 0. The van der Waals surface area contributed by atoms with Crippen molar-refractivity contribution in [3.05, 3.63) is 0 Å². The van der Waals surface area contributed by atoms with Gasteiger partial charge in [-0.05, 0) is 0 Å². The molecule has 5 heavy (non-hydrogen) atoms. The average Bonchev–Trinajstić information content (AvgIpc) is 1.00. The van der Waals surface area contributed by atoms with Crippen LogP contribution in [-0.4, -0.2) is 18.9 Å². The van der Waals surface area contributed by atoms with Crippen LogP contribution in [0, 0.1) is 0 Å². The van der Waals surface area contributed by atoms with Crippen LogP contribution in [0.2, 0.25) is 0 Å².